The molecule has 1 atom stereocenters. The van der Waals surface area contributed by atoms with Gasteiger partial charge in [-0.05, 0) is 43.2 Å². The third-order valence-corrected chi connectivity index (χ3v) is 7.05. The molecule has 0 bridgehead atoms. The van der Waals surface area contributed by atoms with E-state index in [0.717, 1.165) is 27.3 Å². The first-order valence-electron chi connectivity index (χ1n) is 11.8. The molecule has 0 saturated carbocycles. The topological polar surface area (TPSA) is 58.2 Å². The van der Waals surface area contributed by atoms with Gasteiger partial charge in [-0.2, -0.15) is 0 Å². The third-order valence-electron chi connectivity index (χ3n) is 7.05. The van der Waals surface area contributed by atoms with Crippen molar-refractivity contribution in [2.24, 2.45) is 14.1 Å². The number of rotatable bonds is 2. The van der Waals surface area contributed by atoms with E-state index in [4.69, 9.17) is 4.74 Å². The molecule has 1 aliphatic rings. The van der Waals surface area contributed by atoms with Crippen molar-refractivity contribution < 1.29 is 13.5 Å². The summed E-state index contributed by atoms with van der Waals surface area (Å²) in [7, 11) is 2.99. The summed E-state index contributed by atoms with van der Waals surface area (Å²) < 4.78 is 40.2. The van der Waals surface area contributed by atoms with Gasteiger partial charge in [0.2, 0.25) is 0 Å². The molecular formula is C29H23F2N3O3. The van der Waals surface area contributed by atoms with Crippen molar-refractivity contribution in [3.8, 4) is 22.7 Å². The number of hydrogen-bond donors (Lipinski definition) is 0. The van der Waals surface area contributed by atoms with E-state index in [2.05, 4.69) is 0 Å². The maximum Gasteiger partial charge on any atom is 0.331 e. The Hall–Kier alpha value is -4.46. The molecule has 0 spiro atoms. The molecule has 0 aliphatic carbocycles. The monoisotopic (exact) mass is 499 g/mol. The molecular weight excluding hydrogens is 476 g/mol. The van der Waals surface area contributed by atoms with Crippen molar-refractivity contribution in [1.29, 1.82) is 0 Å². The number of hydrogen-bond acceptors (Lipinski definition) is 3. The lowest BCUT2D eigenvalue weighted by atomic mass is 10.0. The van der Waals surface area contributed by atoms with Gasteiger partial charge >= 0.3 is 5.69 Å². The fourth-order valence-electron chi connectivity index (χ4n) is 5.19. The molecule has 5 aromatic rings. The second-order valence-electron chi connectivity index (χ2n) is 9.48. The lowest BCUT2D eigenvalue weighted by Gasteiger charge is -2.30. The Bertz CT molecular complexity index is 1860. The van der Waals surface area contributed by atoms with Crippen molar-refractivity contribution >= 4 is 10.9 Å². The minimum absolute atomic E-state index is 0.0320. The van der Waals surface area contributed by atoms with Crippen molar-refractivity contribution in [2.75, 3.05) is 0 Å². The number of fused-ring (bicyclic) bond motifs is 5. The number of ether oxygens (including phenoxy) is 1. The Balaban J connectivity index is 1.88. The van der Waals surface area contributed by atoms with Crippen molar-refractivity contribution in [3.05, 3.63) is 116 Å². The van der Waals surface area contributed by atoms with Crippen LogP contribution in [0.3, 0.4) is 0 Å². The second-order valence-corrected chi connectivity index (χ2v) is 9.48. The minimum atomic E-state index is -1.12. The lowest BCUT2D eigenvalue weighted by molar-refractivity contribution is 0.222. The summed E-state index contributed by atoms with van der Waals surface area (Å²) in [5.41, 5.74) is 3.56. The Kier molecular flexibility index (Phi) is 4.98. The van der Waals surface area contributed by atoms with Crippen LogP contribution in [0.25, 0.3) is 27.8 Å². The van der Waals surface area contributed by atoms with Crippen LogP contribution in [0.5, 0.6) is 5.75 Å². The van der Waals surface area contributed by atoms with Crippen LogP contribution in [0.4, 0.5) is 8.78 Å². The van der Waals surface area contributed by atoms with Crippen LogP contribution >= 0.6 is 0 Å². The zero-order valence-electron chi connectivity index (χ0n) is 20.7. The predicted molar refractivity (Wildman–Crippen MR) is 137 cm³/mol. The van der Waals surface area contributed by atoms with Crippen LogP contribution in [0.15, 0.2) is 70.3 Å². The minimum Gasteiger partial charge on any atom is -0.477 e. The highest BCUT2D eigenvalue weighted by Crippen LogP contribution is 2.47. The molecule has 186 valence electrons. The van der Waals surface area contributed by atoms with Crippen LogP contribution < -0.4 is 16.0 Å². The highest BCUT2D eigenvalue weighted by atomic mass is 19.2. The Morgan fingerprint density at radius 2 is 1.57 bits per heavy atom. The molecule has 0 unspecified atom stereocenters. The highest BCUT2D eigenvalue weighted by molar-refractivity contribution is 5.98. The Morgan fingerprint density at radius 1 is 0.865 bits per heavy atom. The summed E-state index contributed by atoms with van der Waals surface area (Å²) in [4.78, 5) is 26.8. The van der Waals surface area contributed by atoms with Crippen molar-refractivity contribution in [2.45, 2.75) is 20.0 Å². The van der Waals surface area contributed by atoms with E-state index in [0.29, 0.717) is 33.7 Å². The Labute approximate surface area is 210 Å². The first-order valence-corrected chi connectivity index (χ1v) is 11.8. The van der Waals surface area contributed by atoms with Crippen LogP contribution in [0.2, 0.25) is 0 Å². The lowest BCUT2D eigenvalue weighted by Crippen LogP contribution is -2.37. The molecule has 0 radical (unpaired) electrons. The maximum absolute atomic E-state index is 15.2. The average Bonchev–Trinajstić information content (AvgIpc) is 3.25. The molecule has 6 rings (SSSR count). The third kappa shape index (κ3) is 3.21. The van der Waals surface area contributed by atoms with Gasteiger partial charge in [0, 0.05) is 19.7 Å². The highest BCUT2D eigenvalue weighted by Gasteiger charge is 2.37. The first-order chi connectivity index (χ1) is 17.7. The molecule has 0 N–H and O–H groups in total. The van der Waals surface area contributed by atoms with E-state index in [1.807, 2.05) is 54.8 Å². The van der Waals surface area contributed by atoms with Gasteiger partial charge in [0.05, 0.1) is 28.0 Å². The molecule has 37 heavy (non-hydrogen) atoms. The second kappa shape index (κ2) is 8.03. The zero-order valence-corrected chi connectivity index (χ0v) is 20.7. The summed E-state index contributed by atoms with van der Waals surface area (Å²) >= 11 is 0. The summed E-state index contributed by atoms with van der Waals surface area (Å²) in [5.74, 6) is -1.61. The van der Waals surface area contributed by atoms with Gasteiger partial charge < -0.3 is 9.30 Å². The fraction of sp³-hybridized carbons (Fsp3) is 0.172. The molecule has 2 aromatic heterocycles. The summed E-state index contributed by atoms with van der Waals surface area (Å²) in [6, 6.07) is 17.2. The van der Waals surface area contributed by atoms with E-state index < -0.39 is 29.0 Å². The van der Waals surface area contributed by atoms with E-state index >= 15 is 4.39 Å². The van der Waals surface area contributed by atoms with Gasteiger partial charge in [0.25, 0.3) is 5.56 Å². The smallest absolute Gasteiger partial charge is 0.331 e. The van der Waals surface area contributed by atoms with Crippen molar-refractivity contribution in [1.82, 2.24) is 13.7 Å². The average molecular weight is 500 g/mol. The van der Waals surface area contributed by atoms with Crippen LogP contribution in [0, 0.1) is 25.5 Å². The van der Waals surface area contributed by atoms with Gasteiger partial charge in [-0.25, -0.2) is 13.6 Å². The summed E-state index contributed by atoms with van der Waals surface area (Å²) in [6.45, 7) is 3.90. The van der Waals surface area contributed by atoms with Crippen LogP contribution in [0.1, 0.15) is 28.5 Å². The molecule has 8 heteroatoms. The van der Waals surface area contributed by atoms with Crippen LogP contribution in [-0.2, 0) is 14.1 Å². The Morgan fingerprint density at radius 3 is 2.30 bits per heavy atom. The largest absolute Gasteiger partial charge is 0.477 e. The van der Waals surface area contributed by atoms with Gasteiger partial charge in [-0.15, -0.1) is 0 Å². The number of nitrogens with zero attached hydrogens (tertiary/aromatic N) is 3. The van der Waals surface area contributed by atoms with E-state index in [-0.39, 0.29) is 5.56 Å². The SMILES string of the molecule is Cc1ccc(-c2c3c(=O)n(C)c(=O)n(C)c3c3n2-c2cc(C)ccc2O[C@H]3c2cccc(F)c2F)cc1. The van der Waals surface area contributed by atoms with Crippen molar-refractivity contribution in [3.63, 3.8) is 0 Å². The van der Waals surface area contributed by atoms with E-state index in [9.17, 15) is 14.0 Å². The normalized spacial score (nSPS) is 14.4. The number of aromatic nitrogens is 3. The number of aryl methyl sites for hydroxylation is 3. The van der Waals surface area contributed by atoms with E-state index in [1.165, 1.54) is 23.7 Å². The maximum atomic E-state index is 15.2. The zero-order chi connectivity index (χ0) is 26.2. The fourth-order valence-corrected chi connectivity index (χ4v) is 5.19. The molecule has 6 nitrogen and oxygen atoms in total. The summed E-state index contributed by atoms with van der Waals surface area (Å²) in [5, 5.41) is 0.295. The first kappa shape index (κ1) is 23.0. The molecule has 0 saturated heterocycles. The van der Waals surface area contributed by atoms with Gasteiger partial charge in [0.15, 0.2) is 17.7 Å². The van der Waals surface area contributed by atoms with Crippen LogP contribution in [-0.4, -0.2) is 13.7 Å². The molecule has 1 aliphatic heterocycles. The molecule has 0 fully saturated rings. The molecule has 3 aromatic carbocycles. The van der Waals surface area contributed by atoms with Gasteiger partial charge in [-0.1, -0.05) is 48.0 Å². The van der Waals surface area contributed by atoms with E-state index in [1.54, 1.807) is 13.1 Å². The standard InChI is InChI=1S/C29H23F2N3O3/c1-15-8-11-17(12-9-15)24-22-25(32(3)29(36)33(4)28(22)35)26-27(18-6-5-7-19(30)23(18)31)37-21-13-10-16(2)14-20(21)34(24)26/h5-14,27H,1-4H3/t27-/m0/s1. The number of benzene rings is 3. The quantitative estimate of drug-likeness (QED) is 0.341. The molecule has 3 heterocycles. The van der Waals surface area contributed by atoms with Gasteiger partial charge in [0.1, 0.15) is 5.75 Å². The summed E-state index contributed by atoms with van der Waals surface area (Å²) in [6.07, 6.45) is -1.12. The number of halogens is 2. The predicted octanol–water partition coefficient (Wildman–Crippen LogP) is 5.07. The molecule has 0 amide bonds. The van der Waals surface area contributed by atoms with Gasteiger partial charge in [-0.3, -0.25) is 13.9 Å².